The third kappa shape index (κ3) is 8.46. The molecule has 42 heavy (non-hydrogen) atoms. The Morgan fingerprint density at radius 2 is 1.17 bits per heavy atom. The highest BCUT2D eigenvalue weighted by molar-refractivity contribution is 9.10. The van der Waals surface area contributed by atoms with Crippen molar-refractivity contribution in [2.75, 3.05) is 19.8 Å². The largest absolute Gasteiger partial charge is 0.466 e. The minimum atomic E-state index is -0.681. The van der Waals surface area contributed by atoms with Crippen molar-refractivity contribution in [2.45, 2.75) is 97.2 Å². The Morgan fingerprint density at radius 1 is 0.714 bits per heavy atom. The lowest BCUT2D eigenvalue weighted by molar-refractivity contribution is -0.229. The second-order valence-electron chi connectivity index (χ2n) is 11.4. The minimum Gasteiger partial charge on any atom is -0.466 e. The first-order valence-corrected chi connectivity index (χ1v) is 17.4. The summed E-state index contributed by atoms with van der Waals surface area (Å²) < 4.78 is 21.0. The first kappa shape index (κ1) is 33.2. The van der Waals surface area contributed by atoms with Crippen LogP contribution in [-0.2, 0) is 19.0 Å². The van der Waals surface area contributed by atoms with Crippen molar-refractivity contribution < 1.29 is 19.0 Å². The molecule has 0 N–H and O–H groups in total. The fraction of sp³-hybridized carbons (Fsp3) is 0.528. The average Bonchev–Trinajstić information content (AvgIpc) is 3.46. The molecule has 0 spiro atoms. The molecular weight excluding hydrogens is 656 g/mol. The molecule has 6 heteroatoms. The first-order valence-electron chi connectivity index (χ1n) is 15.8. The highest BCUT2D eigenvalue weighted by atomic mass is 79.9. The summed E-state index contributed by atoms with van der Waals surface area (Å²) in [6, 6.07) is 17.0. The maximum atomic E-state index is 13.0. The van der Waals surface area contributed by atoms with Crippen LogP contribution < -0.4 is 0 Å². The number of halogens is 2. The van der Waals surface area contributed by atoms with Gasteiger partial charge in [-0.1, -0.05) is 108 Å². The van der Waals surface area contributed by atoms with Crippen LogP contribution in [0.1, 0.15) is 103 Å². The summed E-state index contributed by atoms with van der Waals surface area (Å²) in [6.45, 7) is 8.11. The minimum absolute atomic E-state index is 0.0940. The molecule has 228 valence electrons. The van der Waals surface area contributed by atoms with E-state index in [0.717, 1.165) is 32.9 Å². The van der Waals surface area contributed by atoms with Crippen LogP contribution in [0, 0.1) is 5.92 Å². The molecule has 1 saturated carbocycles. The smallest absolute Gasteiger partial charge is 0.306 e. The molecule has 2 aromatic rings. The molecule has 0 atom stereocenters. The molecule has 2 aliphatic rings. The van der Waals surface area contributed by atoms with Crippen molar-refractivity contribution >= 4 is 49.0 Å². The Morgan fingerprint density at radius 3 is 1.57 bits per heavy atom. The van der Waals surface area contributed by atoms with Gasteiger partial charge < -0.3 is 14.2 Å². The van der Waals surface area contributed by atoms with Crippen molar-refractivity contribution in [3.63, 3.8) is 0 Å². The fourth-order valence-electron chi connectivity index (χ4n) is 6.32. The second kappa shape index (κ2) is 16.4. The van der Waals surface area contributed by atoms with Gasteiger partial charge in [-0.3, -0.25) is 4.79 Å². The number of hydrogen-bond donors (Lipinski definition) is 0. The van der Waals surface area contributed by atoms with Crippen LogP contribution >= 0.6 is 31.9 Å². The van der Waals surface area contributed by atoms with Crippen LogP contribution in [0.15, 0.2) is 68.6 Å². The zero-order valence-corrected chi connectivity index (χ0v) is 28.7. The number of benzene rings is 2. The molecule has 1 fully saturated rings. The van der Waals surface area contributed by atoms with Crippen LogP contribution in [0.25, 0.3) is 11.1 Å². The highest BCUT2D eigenvalue weighted by Crippen LogP contribution is 2.58. The van der Waals surface area contributed by atoms with Crippen molar-refractivity contribution in [3.05, 3.63) is 79.7 Å². The molecule has 0 bridgehead atoms. The fourth-order valence-corrected chi connectivity index (χ4v) is 6.84. The maximum absolute atomic E-state index is 13.0. The lowest BCUT2D eigenvalue weighted by atomic mass is 9.83. The van der Waals surface area contributed by atoms with Gasteiger partial charge in [0.2, 0.25) is 0 Å². The molecule has 4 nitrogen and oxygen atoms in total. The van der Waals surface area contributed by atoms with E-state index in [2.05, 4.69) is 94.2 Å². The van der Waals surface area contributed by atoms with Crippen molar-refractivity contribution in [1.29, 1.82) is 0 Å². The zero-order valence-electron chi connectivity index (χ0n) is 25.5. The van der Waals surface area contributed by atoms with Crippen LogP contribution in [0.3, 0.4) is 0 Å². The van der Waals surface area contributed by atoms with Crippen LogP contribution in [0.4, 0.5) is 0 Å². The van der Waals surface area contributed by atoms with Crippen molar-refractivity contribution in [1.82, 2.24) is 0 Å². The lowest BCUT2D eigenvalue weighted by Gasteiger charge is -2.31. The van der Waals surface area contributed by atoms with Gasteiger partial charge in [-0.2, -0.15) is 0 Å². The number of ether oxygens (including phenoxy) is 3. The number of hydrogen-bond acceptors (Lipinski definition) is 4. The molecule has 2 aliphatic carbocycles. The average molecular weight is 703 g/mol. The van der Waals surface area contributed by atoms with Gasteiger partial charge >= 0.3 is 5.97 Å². The Labute approximate surface area is 269 Å². The van der Waals surface area contributed by atoms with Gasteiger partial charge in [0, 0.05) is 27.7 Å². The molecule has 4 rings (SSSR count). The molecule has 0 aliphatic heterocycles. The quantitative estimate of drug-likeness (QED) is 0.0935. The van der Waals surface area contributed by atoms with Crippen molar-refractivity contribution in [2.24, 2.45) is 5.92 Å². The number of unbranched alkanes of at least 4 members (excludes halogenated alkanes) is 6. The third-order valence-corrected chi connectivity index (χ3v) is 9.37. The summed E-state index contributed by atoms with van der Waals surface area (Å²) in [5, 5.41) is 0. The second-order valence-corrected chi connectivity index (χ2v) is 13.3. The number of rotatable bonds is 17. The standard InChI is InChI=1S/C36H46Br2O4/c1-4-7-9-11-21-41-36(42-22-12-10-8-5-2)24-31-32(25-36)35(27-15-19-29(38)20-16-27)30(23-33(39)40-6-3)34(31)26-13-17-28(37)18-14-26/h13-20,30H,4-12,21-25H2,1-3H3. The Bertz CT molecular complexity index is 1140. The van der Waals surface area contributed by atoms with Gasteiger partial charge in [-0.05, 0) is 77.5 Å². The van der Waals surface area contributed by atoms with Gasteiger partial charge in [-0.15, -0.1) is 0 Å². The summed E-state index contributed by atoms with van der Waals surface area (Å²) in [6.07, 6.45) is 11.0. The monoisotopic (exact) mass is 700 g/mol. The van der Waals surface area contributed by atoms with E-state index in [4.69, 9.17) is 14.2 Å². The molecule has 0 heterocycles. The molecule has 0 unspecified atom stereocenters. The Hall–Kier alpha value is -1.73. The predicted octanol–water partition coefficient (Wildman–Crippen LogP) is 10.7. The molecule has 0 aromatic heterocycles. The van der Waals surface area contributed by atoms with E-state index >= 15 is 0 Å². The number of esters is 1. The van der Waals surface area contributed by atoms with Gasteiger partial charge in [0.15, 0.2) is 5.79 Å². The topological polar surface area (TPSA) is 44.8 Å². The van der Waals surface area contributed by atoms with E-state index in [1.54, 1.807) is 0 Å². The van der Waals surface area contributed by atoms with Gasteiger partial charge in [0.1, 0.15) is 0 Å². The first-order chi connectivity index (χ1) is 20.4. The molecular formula is C36H46Br2O4. The van der Waals surface area contributed by atoms with Gasteiger partial charge in [-0.25, -0.2) is 0 Å². The molecule has 0 amide bonds. The van der Waals surface area contributed by atoms with Gasteiger partial charge in [0.05, 0.1) is 26.2 Å². The number of allylic oxidation sites excluding steroid dienone is 2. The van der Waals surface area contributed by atoms with Crippen LogP contribution in [-0.4, -0.2) is 31.6 Å². The zero-order chi connectivity index (χ0) is 30.0. The number of carbonyl (C=O) groups is 1. The maximum Gasteiger partial charge on any atom is 0.306 e. The third-order valence-electron chi connectivity index (χ3n) is 8.32. The summed E-state index contributed by atoms with van der Waals surface area (Å²) in [7, 11) is 0. The summed E-state index contributed by atoms with van der Waals surface area (Å²) >= 11 is 7.21. The van der Waals surface area contributed by atoms with Crippen LogP contribution in [0.2, 0.25) is 0 Å². The van der Waals surface area contributed by atoms with E-state index in [9.17, 15) is 4.79 Å². The SMILES string of the molecule is CCCCCCOC1(OCCCCCC)CC2=C(c3ccc(Br)cc3)C(CC(=O)OCC)C(c3ccc(Br)cc3)=C2C1. The summed E-state index contributed by atoms with van der Waals surface area (Å²) in [5.41, 5.74) is 7.21. The Kier molecular flexibility index (Phi) is 12.9. The van der Waals surface area contributed by atoms with Crippen LogP contribution in [0.5, 0.6) is 0 Å². The normalized spacial score (nSPS) is 16.4. The molecule has 0 radical (unpaired) electrons. The summed E-state index contributed by atoms with van der Waals surface area (Å²) in [4.78, 5) is 13.0. The highest BCUT2D eigenvalue weighted by Gasteiger charge is 2.49. The number of carbonyl (C=O) groups excluding carboxylic acids is 1. The molecule has 2 aromatic carbocycles. The Balaban J connectivity index is 1.77. The molecule has 0 saturated heterocycles. The predicted molar refractivity (Wildman–Crippen MR) is 179 cm³/mol. The van der Waals surface area contributed by atoms with E-state index < -0.39 is 5.79 Å². The lowest BCUT2D eigenvalue weighted by Crippen LogP contribution is -2.34. The van der Waals surface area contributed by atoms with E-state index in [0.29, 0.717) is 39.1 Å². The summed E-state index contributed by atoms with van der Waals surface area (Å²) in [5.74, 6) is -0.943. The van der Waals surface area contributed by atoms with Gasteiger partial charge in [0.25, 0.3) is 0 Å². The van der Waals surface area contributed by atoms with Crippen molar-refractivity contribution in [3.8, 4) is 0 Å². The van der Waals surface area contributed by atoms with E-state index in [-0.39, 0.29) is 11.9 Å². The van der Waals surface area contributed by atoms with E-state index in [1.165, 1.54) is 60.8 Å². The number of fused-ring (bicyclic) bond motifs is 1. The van der Waals surface area contributed by atoms with E-state index in [1.807, 2.05) is 6.92 Å².